The molecule has 2 aromatic carbocycles. The highest BCUT2D eigenvalue weighted by Gasteiger charge is 2.19. The Morgan fingerprint density at radius 3 is 2.12 bits per heavy atom. The van der Waals surface area contributed by atoms with Crippen LogP contribution < -0.4 is 9.46 Å². The fraction of sp³-hybridized carbons (Fsp3) is 0.368. The first kappa shape index (κ1) is 18.5. The maximum Gasteiger partial charge on any atom is 0.241 e. The molecule has 4 nitrogen and oxygen atoms in total. The first-order chi connectivity index (χ1) is 11.2. The number of hydrogen-bond acceptors (Lipinski definition) is 3. The lowest BCUT2D eigenvalue weighted by atomic mass is 10.1. The predicted molar refractivity (Wildman–Crippen MR) is 97.3 cm³/mol. The number of aryl methyl sites for hydroxylation is 5. The van der Waals surface area contributed by atoms with Crippen molar-refractivity contribution in [1.82, 2.24) is 4.72 Å². The molecule has 0 unspecified atom stereocenters. The third-order valence-corrected chi connectivity index (χ3v) is 5.63. The maximum absolute atomic E-state index is 12.6. The highest BCUT2D eigenvalue weighted by Crippen LogP contribution is 2.22. The van der Waals surface area contributed by atoms with Gasteiger partial charge in [0.25, 0.3) is 0 Å². The quantitative estimate of drug-likeness (QED) is 0.813. The van der Waals surface area contributed by atoms with Crippen LogP contribution in [0.5, 0.6) is 5.75 Å². The van der Waals surface area contributed by atoms with Gasteiger partial charge in [-0.3, -0.25) is 0 Å². The van der Waals surface area contributed by atoms with Crippen molar-refractivity contribution in [3.05, 3.63) is 58.1 Å². The van der Waals surface area contributed by atoms with Crippen molar-refractivity contribution in [3.63, 3.8) is 0 Å². The van der Waals surface area contributed by atoms with Gasteiger partial charge in [0.05, 0.1) is 4.90 Å². The molecule has 0 saturated carbocycles. The Bertz CT molecular complexity index is 819. The standard InChI is InChI=1S/C19H25NO3S/c1-13-6-7-15(3)18(12-13)23-9-8-20-24(21,22)19-16(4)10-14(2)11-17(19)5/h6-7,10-12,20H,8-9H2,1-5H3. The summed E-state index contributed by atoms with van der Waals surface area (Å²) in [6.45, 7) is 10.1. The lowest BCUT2D eigenvalue weighted by Gasteiger charge is -2.14. The third kappa shape index (κ3) is 4.36. The molecule has 0 atom stereocenters. The number of rotatable bonds is 6. The van der Waals surface area contributed by atoms with Gasteiger partial charge in [0.15, 0.2) is 0 Å². The van der Waals surface area contributed by atoms with E-state index in [1.807, 2.05) is 65.0 Å². The van der Waals surface area contributed by atoms with E-state index < -0.39 is 10.0 Å². The molecular formula is C19H25NO3S. The fourth-order valence-electron chi connectivity index (χ4n) is 2.86. The number of benzene rings is 2. The molecule has 130 valence electrons. The van der Waals surface area contributed by atoms with Crippen LogP contribution >= 0.6 is 0 Å². The zero-order valence-corrected chi connectivity index (χ0v) is 15.8. The predicted octanol–water partition coefficient (Wildman–Crippen LogP) is 3.59. The molecule has 0 heterocycles. The summed E-state index contributed by atoms with van der Waals surface area (Å²) in [5.41, 5.74) is 4.73. The minimum Gasteiger partial charge on any atom is -0.492 e. The molecule has 0 spiro atoms. The molecule has 0 saturated heterocycles. The number of sulfonamides is 1. The fourth-order valence-corrected chi connectivity index (χ4v) is 4.32. The molecule has 1 N–H and O–H groups in total. The van der Waals surface area contributed by atoms with E-state index in [0.717, 1.165) is 33.6 Å². The van der Waals surface area contributed by atoms with Crippen LogP contribution in [0.4, 0.5) is 0 Å². The molecule has 0 aliphatic heterocycles. The third-order valence-electron chi connectivity index (χ3n) is 3.87. The van der Waals surface area contributed by atoms with E-state index in [1.54, 1.807) is 0 Å². The Kier molecular flexibility index (Phi) is 5.67. The second-order valence-corrected chi connectivity index (χ2v) is 7.95. The van der Waals surface area contributed by atoms with E-state index >= 15 is 0 Å². The minimum atomic E-state index is -3.54. The highest BCUT2D eigenvalue weighted by molar-refractivity contribution is 7.89. The first-order valence-electron chi connectivity index (χ1n) is 7.98. The summed E-state index contributed by atoms with van der Waals surface area (Å²) >= 11 is 0. The molecule has 0 aromatic heterocycles. The van der Waals surface area contributed by atoms with E-state index in [0.29, 0.717) is 4.90 Å². The van der Waals surface area contributed by atoms with Crippen LogP contribution in [0.1, 0.15) is 27.8 Å². The van der Waals surface area contributed by atoms with Crippen LogP contribution in [0.25, 0.3) is 0 Å². The van der Waals surface area contributed by atoms with Crippen molar-refractivity contribution in [1.29, 1.82) is 0 Å². The Balaban J connectivity index is 2.02. The molecule has 24 heavy (non-hydrogen) atoms. The zero-order valence-electron chi connectivity index (χ0n) is 14.9. The molecular weight excluding hydrogens is 322 g/mol. The smallest absolute Gasteiger partial charge is 0.241 e. The molecule has 2 rings (SSSR count). The van der Waals surface area contributed by atoms with Gasteiger partial charge in [-0.25, -0.2) is 13.1 Å². The normalized spacial score (nSPS) is 11.5. The average molecular weight is 347 g/mol. The second kappa shape index (κ2) is 7.36. The van der Waals surface area contributed by atoms with Crippen LogP contribution in [0.3, 0.4) is 0 Å². The van der Waals surface area contributed by atoms with Gasteiger partial charge in [-0.05, 0) is 62.9 Å². The Hall–Kier alpha value is -1.85. The average Bonchev–Trinajstić information content (AvgIpc) is 2.45. The van der Waals surface area contributed by atoms with Gasteiger partial charge in [0.2, 0.25) is 10.0 Å². The van der Waals surface area contributed by atoms with Gasteiger partial charge in [0.1, 0.15) is 12.4 Å². The van der Waals surface area contributed by atoms with E-state index in [9.17, 15) is 8.42 Å². The highest BCUT2D eigenvalue weighted by atomic mass is 32.2. The topological polar surface area (TPSA) is 55.4 Å². The van der Waals surface area contributed by atoms with Crippen molar-refractivity contribution in [2.75, 3.05) is 13.2 Å². The van der Waals surface area contributed by atoms with Crippen molar-refractivity contribution in [3.8, 4) is 5.75 Å². The van der Waals surface area contributed by atoms with Gasteiger partial charge < -0.3 is 4.74 Å². The summed E-state index contributed by atoms with van der Waals surface area (Å²) in [6, 6.07) is 9.74. The monoisotopic (exact) mass is 347 g/mol. The molecule has 2 aromatic rings. The molecule has 0 amide bonds. The number of nitrogens with one attached hydrogen (secondary N) is 1. The van der Waals surface area contributed by atoms with Crippen LogP contribution in [0, 0.1) is 34.6 Å². The summed E-state index contributed by atoms with van der Waals surface area (Å²) in [5.74, 6) is 0.789. The van der Waals surface area contributed by atoms with Gasteiger partial charge in [0, 0.05) is 6.54 Å². The van der Waals surface area contributed by atoms with Crippen LogP contribution in [0.2, 0.25) is 0 Å². The first-order valence-corrected chi connectivity index (χ1v) is 9.46. The maximum atomic E-state index is 12.6. The van der Waals surface area contributed by atoms with Gasteiger partial charge in [-0.2, -0.15) is 0 Å². The van der Waals surface area contributed by atoms with E-state index in [4.69, 9.17) is 4.74 Å². The summed E-state index contributed by atoms with van der Waals surface area (Å²) in [5, 5.41) is 0. The summed E-state index contributed by atoms with van der Waals surface area (Å²) in [6.07, 6.45) is 0. The lowest BCUT2D eigenvalue weighted by molar-refractivity contribution is 0.320. The Morgan fingerprint density at radius 1 is 0.875 bits per heavy atom. The number of hydrogen-bond donors (Lipinski definition) is 1. The summed E-state index contributed by atoms with van der Waals surface area (Å²) in [4.78, 5) is 0.361. The molecule has 5 heteroatoms. The van der Waals surface area contributed by atoms with E-state index in [-0.39, 0.29) is 13.2 Å². The Morgan fingerprint density at radius 2 is 1.50 bits per heavy atom. The Labute approximate surface area is 144 Å². The molecule has 0 radical (unpaired) electrons. The SMILES string of the molecule is Cc1cc(C)c(S(=O)(=O)NCCOc2cc(C)ccc2C)c(C)c1. The van der Waals surface area contributed by atoms with E-state index in [2.05, 4.69) is 4.72 Å². The van der Waals surface area contributed by atoms with Crippen molar-refractivity contribution < 1.29 is 13.2 Å². The van der Waals surface area contributed by atoms with Crippen molar-refractivity contribution >= 4 is 10.0 Å². The molecule has 0 bridgehead atoms. The van der Waals surface area contributed by atoms with Crippen LogP contribution in [-0.4, -0.2) is 21.6 Å². The largest absolute Gasteiger partial charge is 0.492 e. The second-order valence-electron chi connectivity index (χ2n) is 6.24. The number of ether oxygens (including phenoxy) is 1. The summed E-state index contributed by atoms with van der Waals surface area (Å²) < 4.78 is 33.4. The summed E-state index contributed by atoms with van der Waals surface area (Å²) in [7, 11) is -3.54. The van der Waals surface area contributed by atoms with Crippen LogP contribution in [0.15, 0.2) is 35.2 Å². The van der Waals surface area contributed by atoms with Crippen molar-refractivity contribution in [2.45, 2.75) is 39.5 Å². The van der Waals surface area contributed by atoms with Gasteiger partial charge >= 0.3 is 0 Å². The zero-order chi connectivity index (χ0) is 17.9. The molecule has 0 fully saturated rings. The lowest BCUT2D eigenvalue weighted by Crippen LogP contribution is -2.29. The van der Waals surface area contributed by atoms with Crippen molar-refractivity contribution in [2.24, 2.45) is 0 Å². The molecule has 0 aliphatic rings. The van der Waals surface area contributed by atoms with Crippen LogP contribution in [-0.2, 0) is 10.0 Å². The van der Waals surface area contributed by atoms with E-state index in [1.165, 1.54) is 0 Å². The minimum absolute atomic E-state index is 0.225. The van der Waals surface area contributed by atoms with Gasteiger partial charge in [-0.1, -0.05) is 29.8 Å². The van der Waals surface area contributed by atoms with Gasteiger partial charge in [-0.15, -0.1) is 0 Å². The molecule has 0 aliphatic carbocycles.